The van der Waals surface area contributed by atoms with Gasteiger partial charge in [-0.3, -0.25) is 4.79 Å². The summed E-state index contributed by atoms with van der Waals surface area (Å²) >= 11 is 0. The van der Waals surface area contributed by atoms with E-state index in [4.69, 9.17) is 0 Å². The number of aliphatic carboxylic acids is 1. The molecule has 0 radical (unpaired) electrons. The molecular weight excluding hydrogens is 252 g/mol. The Kier molecular flexibility index (Phi) is 7.52. The first-order valence-corrected chi connectivity index (χ1v) is 8.31. The number of nitrogens with one attached hydrogen (secondary N) is 1. The first-order chi connectivity index (χ1) is 9.60. The first-order valence-electron chi connectivity index (χ1n) is 8.31. The maximum Gasteiger partial charge on any atom is 0.324 e. The number of hydrogen-bond acceptors (Lipinski definition) is 3. The normalized spacial score (nSPS) is 26.3. The second-order valence-corrected chi connectivity index (χ2v) is 6.03. The molecular formula is C16H32N2O2. The summed E-state index contributed by atoms with van der Waals surface area (Å²) in [7, 11) is 0. The van der Waals surface area contributed by atoms with Crippen LogP contribution in [0.1, 0.15) is 59.3 Å². The van der Waals surface area contributed by atoms with Gasteiger partial charge in [-0.25, -0.2) is 0 Å². The molecule has 1 fully saturated rings. The highest BCUT2D eigenvalue weighted by Gasteiger charge is 2.48. The molecule has 0 saturated heterocycles. The number of carboxylic acid groups (broad SMARTS) is 1. The largest absolute Gasteiger partial charge is 0.480 e. The molecule has 1 saturated carbocycles. The van der Waals surface area contributed by atoms with E-state index in [9.17, 15) is 9.90 Å². The molecule has 2 atom stereocenters. The molecule has 1 aliphatic carbocycles. The number of carboxylic acids is 1. The summed E-state index contributed by atoms with van der Waals surface area (Å²) in [5, 5.41) is 12.9. The molecule has 1 aliphatic rings. The van der Waals surface area contributed by atoms with Gasteiger partial charge in [-0.15, -0.1) is 0 Å². The number of likely N-dealkylation sites (N-methyl/N-ethyl adjacent to an activating group) is 1. The molecule has 2 N–H and O–H groups in total. The van der Waals surface area contributed by atoms with E-state index in [0.29, 0.717) is 0 Å². The summed E-state index contributed by atoms with van der Waals surface area (Å²) in [6.45, 7) is 10.4. The molecule has 0 aromatic heterocycles. The van der Waals surface area contributed by atoms with Crippen molar-refractivity contribution in [1.82, 2.24) is 10.2 Å². The van der Waals surface area contributed by atoms with Crippen LogP contribution in [0.5, 0.6) is 0 Å². The number of nitrogens with zero attached hydrogens (tertiary/aromatic N) is 1. The van der Waals surface area contributed by atoms with Crippen molar-refractivity contribution >= 4 is 5.97 Å². The Bertz CT molecular complexity index is 290. The highest BCUT2D eigenvalue weighted by molar-refractivity contribution is 5.79. The van der Waals surface area contributed by atoms with Gasteiger partial charge >= 0.3 is 5.97 Å². The summed E-state index contributed by atoms with van der Waals surface area (Å²) in [6.07, 6.45) is 6.20. The van der Waals surface area contributed by atoms with E-state index in [-0.39, 0.29) is 5.92 Å². The SMILES string of the molecule is CCCN(CCC)CCC1CCCC1(NCC)C(=O)O. The fraction of sp³-hybridized carbons (Fsp3) is 0.938. The van der Waals surface area contributed by atoms with Gasteiger partial charge < -0.3 is 15.3 Å². The zero-order valence-corrected chi connectivity index (χ0v) is 13.5. The third-order valence-electron chi connectivity index (χ3n) is 4.57. The third kappa shape index (κ3) is 4.19. The summed E-state index contributed by atoms with van der Waals surface area (Å²) < 4.78 is 0. The Morgan fingerprint density at radius 1 is 1.25 bits per heavy atom. The van der Waals surface area contributed by atoms with E-state index in [1.807, 2.05) is 6.92 Å². The quantitative estimate of drug-likeness (QED) is 0.647. The van der Waals surface area contributed by atoms with Crippen molar-refractivity contribution in [1.29, 1.82) is 0 Å². The van der Waals surface area contributed by atoms with Gasteiger partial charge in [0.05, 0.1) is 0 Å². The predicted octanol–water partition coefficient (Wildman–Crippen LogP) is 2.73. The van der Waals surface area contributed by atoms with E-state index in [2.05, 4.69) is 24.1 Å². The lowest BCUT2D eigenvalue weighted by atomic mass is 9.84. The van der Waals surface area contributed by atoms with Crippen LogP contribution in [0, 0.1) is 5.92 Å². The molecule has 0 aromatic carbocycles. The van der Waals surface area contributed by atoms with Gasteiger partial charge in [-0.2, -0.15) is 0 Å². The van der Waals surface area contributed by atoms with Gasteiger partial charge in [0.25, 0.3) is 0 Å². The van der Waals surface area contributed by atoms with Crippen LogP contribution in [0.2, 0.25) is 0 Å². The fourth-order valence-corrected chi connectivity index (χ4v) is 3.68. The standard InChI is InChI=1S/C16H32N2O2/c1-4-11-18(12-5-2)13-9-14-8-7-10-16(14,15(19)20)17-6-3/h14,17H,4-13H2,1-3H3,(H,19,20). The maximum atomic E-state index is 11.7. The lowest BCUT2D eigenvalue weighted by Crippen LogP contribution is -2.55. The molecule has 2 unspecified atom stereocenters. The average Bonchev–Trinajstić information content (AvgIpc) is 2.81. The van der Waals surface area contributed by atoms with Crippen LogP contribution < -0.4 is 5.32 Å². The van der Waals surface area contributed by atoms with Gasteiger partial charge in [-0.1, -0.05) is 27.2 Å². The molecule has 0 aromatic rings. The van der Waals surface area contributed by atoms with Crippen LogP contribution in [-0.4, -0.2) is 47.7 Å². The number of hydrogen-bond donors (Lipinski definition) is 2. The number of carbonyl (C=O) groups is 1. The topological polar surface area (TPSA) is 52.6 Å². The monoisotopic (exact) mass is 284 g/mol. The van der Waals surface area contributed by atoms with Crippen molar-refractivity contribution in [2.75, 3.05) is 26.2 Å². The Labute approximate surface area is 123 Å². The number of rotatable bonds is 10. The van der Waals surface area contributed by atoms with Gasteiger partial charge in [-0.05, 0) is 64.2 Å². The highest BCUT2D eigenvalue weighted by atomic mass is 16.4. The Hall–Kier alpha value is -0.610. The zero-order chi connectivity index (χ0) is 15.0. The first kappa shape index (κ1) is 17.4. The smallest absolute Gasteiger partial charge is 0.324 e. The predicted molar refractivity (Wildman–Crippen MR) is 83.0 cm³/mol. The summed E-state index contributed by atoms with van der Waals surface area (Å²) in [6, 6.07) is 0. The van der Waals surface area contributed by atoms with Gasteiger partial charge in [0.1, 0.15) is 5.54 Å². The Morgan fingerprint density at radius 3 is 2.40 bits per heavy atom. The van der Waals surface area contributed by atoms with E-state index < -0.39 is 11.5 Å². The van der Waals surface area contributed by atoms with E-state index in [1.54, 1.807) is 0 Å². The van der Waals surface area contributed by atoms with Crippen molar-refractivity contribution < 1.29 is 9.90 Å². The van der Waals surface area contributed by atoms with Gasteiger partial charge in [0.2, 0.25) is 0 Å². The molecule has 0 heterocycles. The molecule has 0 spiro atoms. The molecule has 20 heavy (non-hydrogen) atoms. The molecule has 0 bridgehead atoms. The fourth-order valence-electron chi connectivity index (χ4n) is 3.68. The third-order valence-corrected chi connectivity index (χ3v) is 4.57. The minimum atomic E-state index is -0.668. The average molecular weight is 284 g/mol. The highest BCUT2D eigenvalue weighted by Crippen LogP contribution is 2.38. The summed E-state index contributed by atoms with van der Waals surface area (Å²) in [5.74, 6) is -0.379. The summed E-state index contributed by atoms with van der Waals surface area (Å²) in [4.78, 5) is 14.2. The van der Waals surface area contributed by atoms with Crippen molar-refractivity contribution in [2.45, 2.75) is 64.8 Å². The molecule has 4 nitrogen and oxygen atoms in total. The molecule has 118 valence electrons. The van der Waals surface area contributed by atoms with Crippen LogP contribution in [0.3, 0.4) is 0 Å². The second-order valence-electron chi connectivity index (χ2n) is 6.03. The second kappa shape index (κ2) is 8.63. The zero-order valence-electron chi connectivity index (χ0n) is 13.5. The van der Waals surface area contributed by atoms with Crippen LogP contribution in [0.15, 0.2) is 0 Å². The Balaban J connectivity index is 2.61. The molecule has 0 amide bonds. The van der Waals surface area contributed by atoms with E-state index >= 15 is 0 Å². The lowest BCUT2D eigenvalue weighted by molar-refractivity contribution is -0.146. The van der Waals surface area contributed by atoms with Crippen LogP contribution >= 0.6 is 0 Å². The minimum absolute atomic E-state index is 0.274. The van der Waals surface area contributed by atoms with E-state index in [0.717, 1.165) is 51.9 Å². The van der Waals surface area contributed by atoms with Gasteiger partial charge in [0.15, 0.2) is 0 Å². The lowest BCUT2D eigenvalue weighted by Gasteiger charge is -2.33. The van der Waals surface area contributed by atoms with Crippen molar-refractivity contribution in [3.8, 4) is 0 Å². The Morgan fingerprint density at radius 2 is 1.90 bits per heavy atom. The van der Waals surface area contributed by atoms with Crippen LogP contribution in [0.25, 0.3) is 0 Å². The van der Waals surface area contributed by atoms with Crippen LogP contribution in [-0.2, 0) is 4.79 Å². The van der Waals surface area contributed by atoms with Crippen molar-refractivity contribution in [3.63, 3.8) is 0 Å². The molecule has 4 heteroatoms. The maximum absolute atomic E-state index is 11.7. The van der Waals surface area contributed by atoms with Crippen molar-refractivity contribution in [3.05, 3.63) is 0 Å². The molecule has 1 rings (SSSR count). The van der Waals surface area contributed by atoms with Crippen molar-refractivity contribution in [2.24, 2.45) is 5.92 Å². The van der Waals surface area contributed by atoms with E-state index in [1.165, 1.54) is 12.8 Å². The molecule has 0 aliphatic heterocycles. The minimum Gasteiger partial charge on any atom is -0.480 e. The summed E-state index contributed by atoms with van der Waals surface area (Å²) in [5.41, 5.74) is -0.668. The van der Waals surface area contributed by atoms with Gasteiger partial charge in [0, 0.05) is 0 Å². The van der Waals surface area contributed by atoms with Crippen LogP contribution in [0.4, 0.5) is 0 Å².